The lowest BCUT2D eigenvalue weighted by atomic mass is 10.2. The molecule has 2 N–H and O–H groups in total. The maximum absolute atomic E-state index is 11.1. The van der Waals surface area contributed by atoms with E-state index in [4.69, 9.17) is 26.8 Å². The molecule has 0 aliphatic carbocycles. The minimum absolute atomic E-state index is 0.138. The quantitative estimate of drug-likeness (QED) is 0.801. The van der Waals surface area contributed by atoms with Crippen LogP contribution in [-0.4, -0.2) is 19.2 Å². The second kappa shape index (κ2) is 6.35. The van der Waals surface area contributed by atoms with Crippen molar-refractivity contribution >= 4 is 17.6 Å². The number of esters is 1. The molecule has 0 unspecified atom stereocenters. The third kappa shape index (κ3) is 3.72. The van der Waals surface area contributed by atoms with Crippen LogP contribution in [0.15, 0.2) is 18.2 Å². The standard InChI is InChI=1S/C11H14ClNO3/c1-2-15-11(14)7-16-10-5-9(12)4-3-8(10)6-13/h3-5H,2,6-7,13H2,1H3. The van der Waals surface area contributed by atoms with E-state index in [0.717, 1.165) is 5.56 Å². The first-order valence-electron chi connectivity index (χ1n) is 4.94. The summed E-state index contributed by atoms with van der Waals surface area (Å²) in [6.45, 7) is 2.26. The van der Waals surface area contributed by atoms with Gasteiger partial charge >= 0.3 is 5.97 Å². The SMILES string of the molecule is CCOC(=O)COc1cc(Cl)ccc1CN. The van der Waals surface area contributed by atoms with Gasteiger partial charge in [0.25, 0.3) is 0 Å². The lowest BCUT2D eigenvalue weighted by Crippen LogP contribution is -2.15. The second-order valence-corrected chi connectivity index (χ2v) is 3.49. The zero-order chi connectivity index (χ0) is 12.0. The summed E-state index contributed by atoms with van der Waals surface area (Å²) < 4.78 is 10.0. The van der Waals surface area contributed by atoms with E-state index in [2.05, 4.69) is 0 Å². The molecule has 0 spiro atoms. The first-order valence-corrected chi connectivity index (χ1v) is 5.32. The average molecular weight is 244 g/mol. The number of hydrogen-bond acceptors (Lipinski definition) is 4. The molecule has 0 aliphatic rings. The molecule has 0 radical (unpaired) electrons. The summed E-state index contributed by atoms with van der Waals surface area (Å²) in [5, 5.41) is 0.538. The van der Waals surface area contributed by atoms with Gasteiger partial charge in [0.15, 0.2) is 6.61 Å². The Hall–Kier alpha value is -1.26. The van der Waals surface area contributed by atoms with Gasteiger partial charge in [0.05, 0.1) is 6.61 Å². The maximum Gasteiger partial charge on any atom is 0.344 e. The van der Waals surface area contributed by atoms with Crippen molar-refractivity contribution in [2.24, 2.45) is 5.73 Å². The maximum atomic E-state index is 11.1. The predicted octanol–water partition coefficient (Wildman–Crippen LogP) is 1.74. The highest BCUT2D eigenvalue weighted by Gasteiger charge is 2.07. The molecule has 1 aromatic rings. The lowest BCUT2D eigenvalue weighted by Gasteiger charge is -2.10. The van der Waals surface area contributed by atoms with Crippen molar-refractivity contribution in [1.29, 1.82) is 0 Å². The molecule has 88 valence electrons. The van der Waals surface area contributed by atoms with E-state index in [1.165, 1.54) is 0 Å². The Balaban J connectivity index is 2.65. The van der Waals surface area contributed by atoms with Crippen LogP contribution < -0.4 is 10.5 Å². The van der Waals surface area contributed by atoms with Crippen LogP contribution in [0.25, 0.3) is 0 Å². The van der Waals surface area contributed by atoms with Crippen molar-refractivity contribution in [3.05, 3.63) is 28.8 Å². The Morgan fingerprint density at radius 3 is 2.88 bits per heavy atom. The Kier molecular flexibility index (Phi) is 5.08. The van der Waals surface area contributed by atoms with Crippen LogP contribution in [-0.2, 0) is 16.1 Å². The number of hydrogen-bond donors (Lipinski definition) is 1. The van der Waals surface area contributed by atoms with Crippen LogP contribution >= 0.6 is 11.6 Å². The topological polar surface area (TPSA) is 61.5 Å². The fraction of sp³-hybridized carbons (Fsp3) is 0.364. The summed E-state index contributed by atoms with van der Waals surface area (Å²) in [7, 11) is 0. The fourth-order valence-corrected chi connectivity index (χ4v) is 1.33. The highest BCUT2D eigenvalue weighted by molar-refractivity contribution is 6.30. The summed E-state index contributed by atoms with van der Waals surface area (Å²) in [6, 6.07) is 5.12. The molecule has 0 saturated carbocycles. The van der Waals surface area contributed by atoms with E-state index in [9.17, 15) is 4.79 Å². The summed E-state index contributed by atoms with van der Waals surface area (Å²) in [4.78, 5) is 11.1. The minimum atomic E-state index is -0.412. The second-order valence-electron chi connectivity index (χ2n) is 3.05. The van der Waals surface area contributed by atoms with E-state index >= 15 is 0 Å². The zero-order valence-corrected chi connectivity index (χ0v) is 9.79. The monoisotopic (exact) mass is 243 g/mol. The minimum Gasteiger partial charge on any atom is -0.482 e. The van der Waals surface area contributed by atoms with Gasteiger partial charge < -0.3 is 15.2 Å². The first-order chi connectivity index (χ1) is 7.67. The van der Waals surface area contributed by atoms with Gasteiger partial charge in [-0.1, -0.05) is 17.7 Å². The molecular weight excluding hydrogens is 230 g/mol. The average Bonchev–Trinajstić information content (AvgIpc) is 2.27. The van der Waals surface area contributed by atoms with Crippen molar-refractivity contribution in [2.75, 3.05) is 13.2 Å². The molecule has 16 heavy (non-hydrogen) atoms. The molecule has 1 aromatic carbocycles. The number of benzene rings is 1. The lowest BCUT2D eigenvalue weighted by molar-refractivity contribution is -0.145. The predicted molar refractivity (Wildman–Crippen MR) is 61.5 cm³/mol. The molecule has 5 heteroatoms. The van der Waals surface area contributed by atoms with Crippen molar-refractivity contribution < 1.29 is 14.3 Å². The number of carbonyl (C=O) groups is 1. The van der Waals surface area contributed by atoms with Crippen LogP contribution in [0.1, 0.15) is 12.5 Å². The number of halogens is 1. The van der Waals surface area contributed by atoms with Crippen LogP contribution in [0.5, 0.6) is 5.75 Å². The van der Waals surface area contributed by atoms with E-state index in [-0.39, 0.29) is 6.61 Å². The summed E-state index contributed by atoms with van der Waals surface area (Å²) >= 11 is 5.81. The smallest absolute Gasteiger partial charge is 0.344 e. The van der Waals surface area contributed by atoms with Crippen molar-refractivity contribution in [1.82, 2.24) is 0 Å². The third-order valence-electron chi connectivity index (χ3n) is 1.90. The van der Waals surface area contributed by atoms with Crippen molar-refractivity contribution in [3.8, 4) is 5.75 Å². The molecule has 0 amide bonds. The summed E-state index contributed by atoms with van der Waals surface area (Å²) in [5.74, 6) is 0.105. The van der Waals surface area contributed by atoms with Gasteiger partial charge in [0.1, 0.15) is 5.75 Å². The first kappa shape index (κ1) is 12.8. The van der Waals surface area contributed by atoms with Crippen LogP contribution in [0.3, 0.4) is 0 Å². The van der Waals surface area contributed by atoms with E-state index in [0.29, 0.717) is 23.9 Å². The molecule has 0 aliphatic heterocycles. The highest BCUT2D eigenvalue weighted by atomic mass is 35.5. The molecule has 0 heterocycles. The summed E-state index contributed by atoms with van der Waals surface area (Å²) in [5.41, 5.74) is 6.33. The van der Waals surface area contributed by atoms with Crippen LogP contribution in [0.4, 0.5) is 0 Å². The van der Waals surface area contributed by atoms with Gasteiger partial charge in [0, 0.05) is 17.1 Å². The zero-order valence-electron chi connectivity index (χ0n) is 9.03. The van der Waals surface area contributed by atoms with Crippen LogP contribution in [0, 0.1) is 0 Å². The van der Waals surface area contributed by atoms with E-state index in [1.54, 1.807) is 25.1 Å². The number of ether oxygens (including phenoxy) is 2. The van der Waals surface area contributed by atoms with Crippen molar-refractivity contribution in [2.45, 2.75) is 13.5 Å². The Morgan fingerprint density at radius 1 is 1.50 bits per heavy atom. The molecule has 1 rings (SSSR count). The number of nitrogens with two attached hydrogens (primary N) is 1. The van der Waals surface area contributed by atoms with Crippen LogP contribution in [0.2, 0.25) is 5.02 Å². The largest absolute Gasteiger partial charge is 0.482 e. The van der Waals surface area contributed by atoms with Gasteiger partial charge in [-0.3, -0.25) is 0 Å². The molecule has 0 bridgehead atoms. The van der Waals surface area contributed by atoms with Gasteiger partial charge in [-0.25, -0.2) is 4.79 Å². The number of carbonyl (C=O) groups excluding carboxylic acids is 1. The van der Waals surface area contributed by atoms with Gasteiger partial charge in [-0.05, 0) is 19.1 Å². The Labute approximate surface area is 99.3 Å². The fourth-order valence-electron chi connectivity index (χ4n) is 1.17. The molecule has 0 atom stereocenters. The third-order valence-corrected chi connectivity index (χ3v) is 2.14. The molecule has 0 saturated heterocycles. The Morgan fingerprint density at radius 2 is 2.25 bits per heavy atom. The summed E-state index contributed by atoms with van der Waals surface area (Å²) in [6.07, 6.45) is 0. The van der Waals surface area contributed by atoms with Gasteiger partial charge in [0.2, 0.25) is 0 Å². The van der Waals surface area contributed by atoms with E-state index < -0.39 is 5.97 Å². The molecular formula is C11H14ClNO3. The van der Waals surface area contributed by atoms with E-state index in [1.807, 2.05) is 0 Å². The molecule has 0 fully saturated rings. The van der Waals surface area contributed by atoms with Gasteiger partial charge in [-0.2, -0.15) is 0 Å². The number of rotatable bonds is 5. The van der Waals surface area contributed by atoms with Gasteiger partial charge in [-0.15, -0.1) is 0 Å². The molecule has 4 nitrogen and oxygen atoms in total. The highest BCUT2D eigenvalue weighted by Crippen LogP contribution is 2.22. The normalized spacial score (nSPS) is 9.94. The molecule has 0 aromatic heterocycles. The van der Waals surface area contributed by atoms with Crippen molar-refractivity contribution in [3.63, 3.8) is 0 Å². The Bertz CT molecular complexity index is 368.